The molecule has 5 heteroatoms. The zero-order chi connectivity index (χ0) is 13.8. The molecule has 3 nitrogen and oxygen atoms in total. The van der Waals surface area contributed by atoms with Gasteiger partial charge in [0.1, 0.15) is 18.2 Å². The molecule has 0 atom stereocenters. The number of benzene rings is 1. The predicted molar refractivity (Wildman–Crippen MR) is 71.4 cm³/mol. The first-order valence-electron chi connectivity index (χ1n) is 5.83. The highest BCUT2D eigenvalue weighted by molar-refractivity contribution is 7.11. The van der Waals surface area contributed by atoms with Crippen LogP contribution >= 0.6 is 11.3 Å². The van der Waals surface area contributed by atoms with Crippen molar-refractivity contribution >= 4 is 17.3 Å². The van der Waals surface area contributed by atoms with Gasteiger partial charge in [0.25, 0.3) is 0 Å². The lowest BCUT2D eigenvalue weighted by molar-refractivity contribution is 0.0692. The first kappa shape index (κ1) is 13.5. The summed E-state index contributed by atoms with van der Waals surface area (Å²) in [6.45, 7) is 2.44. The second-order valence-corrected chi connectivity index (χ2v) is 5.21. The number of carboxylic acids is 1. The Bertz CT molecular complexity index is 592. The van der Waals surface area contributed by atoms with E-state index >= 15 is 0 Å². The van der Waals surface area contributed by atoms with Crippen LogP contribution in [0.25, 0.3) is 0 Å². The highest BCUT2D eigenvalue weighted by Gasteiger charge is 2.11. The summed E-state index contributed by atoms with van der Waals surface area (Å²) in [5.41, 5.74) is -0.350. The molecule has 0 spiro atoms. The van der Waals surface area contributed by atoms with Gasteiger partial charge in [-0.3, -0.25) is 0 Å². The summed E-state index contributed by atoms with van der Waals surface area (Å²) >= 11 is 1.65. The molecule has 1 N–H and O–H groups in total. The number of carboxylic acid groups (broad SMARTS) is 1. The van der Waals surface area contributed by atoms with Gasteiger partial charge in [-0.2, -0.15) is 0 Å². The molecule has 0 radical (unpaired) electrons. The Balaban J connectivity index is 2.03. The Morgan fingerprint density at radius 2 is 2.05 bits per heavy atom. The van der Waals surface area contributed by atoms with E-state index in [2.05, 4.69) is 6.92 Å². The summed E-state index contributed by atoms with van der Waals surface area (Å²) in [4.78, 5) is 13.0. The van der Waals surface area contributed by atoms with Gasteiger partial charge in [0, 0.05) is 15.8 Å². The molecule has 2 aromatic rings. The normalized spacial score (nSPS) is 10.4. The third-order valence-corrected chi connectivity index (χ3v) is 3.82. The number of hydrogen-bond donors (Lipinski definition) is 1. The fraction of sp³-hybridized carbons (Fsp3) is 0.214. The van der Waals surface area contributed by atoms with Crippen molar-refractivity contribution in [3.8, 4) is 5.75 Å². The third-order valence-electron chi connectivity index (χ3n) is 2.62. The molecule has 1 aromatic carbocycles. The van der Waals surface area contributed by atoms with Crippen molar-refractivity contribution < 1.29 is 19.0 Å². The van der Waals surface area contributed by atoms with Gasteiger partial charge in [-0.1, -0.05) is 6.92 Å². The maximum absolute atomic E-state index is 13.4. The van der Waals surface area contributed by atoms with E-state index in [0.29, 0.717) is 12.4 Å². The van der Waals surface area contributed by atoms with Crippen molar-refractivity contribution in [1.82, 2.24) is 0 Å². The Labute approximate surface area is 114 Å². The van der Waals surface area contributed by atoms with Crippen LogP contribution in [-0.2, 0) is 13.0 Å². The minimum Gasteiger partial charge on any atom is -0.488 e. The van der Waals surface area contributed by atoms with E-state index in [1.54, 1.807) is 11.3 Å². The molecule has 1 heterocycles. The molecule has 0 aliphatic rings. The van der Waals surface area contributed by atoms with E-state index in [9.17, 15) is 9.18 Å². The SMILES string of the molecule is CCc1ccc(COc2ccc(C(=O)O)c(F)c2)s1. The molecule has 0 fully saturated rings. The summed E-state index contributed by atoms with van der Waals surface area (Å²) in [6, 6.07) is 7.78. The number of thiophene rings is 1. The Morgan fingerprint density at radius 1 is 1.32 bits per heavy atom. The number of rotatable bonds is 5. The Morgan fingerprint density at radius 3 is 2.63 bits per heavy atom. The van der Waals surface area contributed by atoms with Gasteiger partial charge in [-0.15, -0.1) is 11.3 Å². The molecule has 100 valence electrons. The van der Waals surface area contributed by atoms with Crippen molar-refractivity contribution in [3.63, 3.8) is 0 Å². The minimum atomic E-state index is -1.28. The van der Waals surface area contributed by atoms with Crippen LogP contribution in [0.15, 0.2) is 30.3 Å². The van der Waals surface area contributed by atoms with Crippen molar-refractivity contribution in [3.05, 3.63) is 51.5 Å². The van der Waals surface area contributed by atoms with Gasteiger partial charge in [0.15, 0.2) is 0 Å². The lowest BCUT2D eigenvalue weighted by atomic mass is 10.2. The van der Waals surface area contributed by atoms with Gasteiger partial charge in [0.05, 0.1) is 5.56 Å². The van der Waals surface area contributed by atoms with E-state index < -0.39 is 11.8 Å². The first-order valence-corrected chi connectivity index (χ1v) is 6.65. The maximum atomic E-state index is 13.4. The number of ether oxygens (including phenoxy) is 1. The van der Waals surface area contributed by atoms with Crippen molar-refractivity contribution in [2.24, 2.45) is 0 Å². The monoisotopic (exact) mass is 280 g/mol. The molecule has 0 saturated carbocycles. The number of carbonyl (C=O) groups is 1. The van der Waals surface area contributed by atoms with Gasteiger partial charge >= 0.3 is 5.97 Å². The number of aryl methyl sites for hydroxylation is 1. The molecule has 1 aromatic heterocycles. The standard InChI is InChI=1S/C14H13FO3S/c1-2-10-4-5-11(19-10)8-18-9-3-6-12(14(16)17)13(15)7-9/h3-7H,2,8H2,1H3,(H,16,17). The molecule has 0 unspecified atom stereocenters. The predicted octanol–water partition coefficient (Wildman–Crippen LogP) is 3.73. The zero-order valence-electron chi connectivity index (χ0n) is 10.4. The number of aromatic carboxylic acids is 1. The van der Waals surface area contributed by atoms with Crippen LogP contribution in [0.4, 0.5) is 4.39 Å². The summed E-state index contributed by atoms with van der Waals surface area (Å²) < 4.78 is 18.9. The fourth-order valence-electron chi connectivity index (χ4n) is 1.60. The zero-order valence-corrected chi connectivity index (χ0v) is 11.2. The lowest BCUT2D eigenvalue weighted by Crippen LogP contribution is -2.01. The molecule has 0 aliphatic heterocycles. The lowest BCUT2D eigenvalue weighted by Gasteiger charge is -2.05. The maximum Gasteiger partial charge on any atom is 0.338 e. The smallest absolute Gasteiger partial charge is 0.338 e. The summed E-state index contributed by atoms with van der Waals surface area (Å²) in [6.07, 6.45) is 0.979. The number of halogens is 1. The van der Waals surface area contributed by atoms with Gasteiger partial charge < -0.3 is 9.84 Å². The van der Waals surface area contributed by atoms with Crippen LogP contribution in [0.1, 0.15) is 27.0 Å². The second kappa shape index (κ2) is 5.84. The quantitative estimate of drug-likeness (QED) is 0.907. The molecule has 2 rings (SSSR count). The van der Waals surface area contributed by atoms with Crippen LogP contribution in [0, 0.1) is 5.82 Å². The van der Waals surface area contributed by atoms with Gasteiger partial charge in [-0.25, -0.2) is 9.18 Å². The topological polar surface area (TPSA) is 46.5 Å². The molecule has 0 aliphatic carbocycles. The fourth-order valence-corrected chi connectivity index (χ4v) is 2.47. The van der Waals surface area contributed by atoms with Crippen molar-refractivity contribution in [2.75, 3.05) is 0 Å². The van der Waals surface area contributed by atoms with E-state index in [4.69, 9.17) is 9.84 Å². The van der Waals surface area contributed by atoms with Crippen LogP contribution in [-0.4, -0.2) is 11.1 Å². The second-order valence-electron chi connectivity index (χ2n) is 3.96. The average Bonchev–Trinajstić information content (AvgIpc) is 2.84. The minimum absolute atomic E-state index is 0.328. The summed E-state index contributed by atoms with van der Waals surface area (Å²) in [7, 11) is 0. The molecule has 0 amide bonds. The largest absolute Gasteiger partial charge is 0.488 e. The van der Waals surface area contributed by atoms with Crippen molar-refractivity contribution in [1.29, 1.82) is 0 Å². The molecule has 19 heavy (non-hydrogen) atoms. The highest BCUT2D eigenvalue weighted by Crippen LogP contribution is 2.21. The van der Waals surface area contributed by atoms with Crippen LogP contribution in [0.3, 0.4) is 0 Å². The molecule has 0 saturated heterocycles. The van der Waals surface area contributed by atoms with Crippen LogP contribution < -0.4 is 4.74 Å². The molecular weight excluding hydrogens is 267 g/mol. The van der Waals surface area contributed by atoms with E-state index in [0.717, 1.165) is 17.4 Å². The molecular formula is C14H13FO3S. The van der Waals surface area contributed by atoms with Crippen molar-refractivity contribution in [2.45, 2.75) is 20.0 Å². The molecule has 0 bridgehead atoms. The van der Waals surface area contributed by atoms with E-state index in [-0.39, 0.29) is 5.56 Å². The van der Waals surface area contributed by atoms with E-state index in [1.807, 2.05) is 12.1 Å². The average molecular weight is 280 g/mol. The summed E-state index contributed by atoms with van der Waals surface area (Å²) in [5, 5.41) is 8.72. The van der Waals surface area contributed by atoms with Gasteiger partial charge in [0.2, 0.25) is 0 Å². The van der Waals surface area contributed by atoms with Gasteiger partial charge in [-0.05, 0) is 30.7 Å². The summed E-state index contributed by atoms with van der Waals surface area (Å²) in [5.74, 6) is -1.74. The first-order chi connectivity index (χ1) is 9.10. The van der Waals surface area contributed by atoms with E-state index in [1.165, 1.54) is 17.0 Å². The highest BCUT2D eigenvalue weighted by atomic mass is 32.1. The third kappa shape index (κ3) is 3.32. The van der Waals surface area contributed by atoms with Crippen LogP contribution in [0.5, 0.6) is 5.75 Å². The van der Waals surface area contributed by atoms with Crippen LogP contribution in [0.2, 0.25) is 0 Å². The Kier molecular flexibility index (Phi) is 4.16. The number of hydrogen-bond acceptors (Lipinski definition) is 3. The Hall–Kier alpha value is -1.88.